The lowest BCUT2D eigenvalue weighted by Crippen LogP contribution is -2.14. The number of anilines is 2. The molecular formula is C20H17N3O5S. The standard InChI is InChI=1S/C20H17N3O5S/c1-14-13-16(7-12-19(14)21-20(24)15-5-3-2-4-6-15)22-29(27,28)18-10-8-17(9-11-18)23(25)26/h2-13,22H,1H3,(H,21,24). The summed E-state index contributed by atoms with van der Waals surface area (Å²) in [4.78, 5) is 22.3. The highest BCUT2D eigenvalue weighted by molar-refractivity contribution is 7.92. The normalized spacial score (nSPS) is 10.9. The van der Waals surface area contributed by atoms with Crippen LogP contribution in [0.5, 0.6) is 0 Å². The molecule has 0 saturated heterocycles. The van der Waals surface area contributed by atoms with Crippen LogP contribution in [-0.2, 0) is 10.0 Å². The van der Waals surface area contributed by atoms with Crippen LogP contribution < -0.4 is 10.0 Å². The predicted molar refractivity (Wildman–Crippen MR) is 109 cm³/mol. The number of rotatable bonds is 6. The molecule has 0 fully saturated rings. The van der Waals surface area contributed by atoms with E-state index in [0.29, 0.717) is 22.5 Å². The maximum Gasteiger partial charge on any atom is 0.269 e. The van der Waals surface area contributed by atoms with E-state index in [0.717, 1.165) is 12.1 Å². The molecule has 0 aliphatic heterocycles. The summed E-state index contributed by atoms with van der Waals surface area (Å²) in [6, 6.07) is 18.0. The summed E-state index contributed by atoms with van der Waals surface area (Å²) >= 11 is 0. The first-order valence-corrected chi connectivity index (χ1v) is 9.99. The number of hydrogen-bond acceptors (Lipinski definition) is 5. The fourth-order valence-corrected chi connectivity index (χ4v) is 3.66. The van der Waals surface area contributed by atoms with E-state index in [1.165, 1.54) is 18.2 Å². The fourth-order valence-electron chi connectivity index (χ4n) is 2.61. The maximum atomic E-state index is 12.5. The van der Waals surface area contributed by atoms with Crippen LogP contribution in [0.2, 0.25) is 0 Å². The Hall–Kier alpha value is -3.72. The van der Waals surface area contributed by atoms with Crippen LogP contribution in [0.15, 0.2) is 77.7 Å². The van der Waals surface area contributed by atoms with E-state index >= 15 is 0 Å². The van der Waals surface area contributed by atoms with Crippen LogP contribution >= 0.6 is 0 Å². The highest BCUT2D eigenvalue weighted by Crippen LogP contribution is 2.24. The lowest BCUT2D eigenvalue weighted by molar-refractivity contribution is -0.384. The summed E-state index contributed by atoms with van der Waals surface area (Å²) < 4.78 is 27.4. The Balaban J connectivity index is 1.76. The van der Waals surface area contributed by atoms with Crippen molar-refractivity contribution in [3.05, 3.63) is 94.0 Å². The number of hydrogen-bond donors (Lipinski definition) is 2. The second kappa shape index (κ2) is 8.11. The molecule has 0 radical (unpaired) electrons. The Kier molecular flexibility index (Phi) is 5.60. The number of non-ortho nitro benzene ring substituents is 1. The predicted octanol–water partition coefficient (Wildman–Crippen LogP) is 3.96. The number of sulfonamides is 1. The Morgan fingerprint density at radius 2 is 1.62 bits per heavy atom. The molecule has 0 saturated carbocycles. The zero-order chi connectivity index (χ0) is 21.0. The minimum atomic E-state index is -3.91. The molecule has 3 rings (SSSR count). The third kappa shape index (κ3) is 4.77. The lowest BCUT2D eigenvalue weighted by Gasteiger charge is -2.12. The highest BCUT2D eigenvalue weighted by Gasteiger charge is 2.17. The number of benzene rings is 3. The van der Waals surface area contributed by atoms with Crippen LogP contribution in [0, 0.1) is 17.0 Å². The zero-order valence-corrected chi connectivity index (χ0v) is 16.1. The van der Waals surface area contributed by atoms with E-state index in [9.17, 15) is 23.3 Å². The molecule has 9 heteroatoms. The Morgan fingerprint density at radius 1 is 0.966 bits per heavy atom. The van der Waals surface area contributed by atoms with Gasteiger partial charge in [-0.3, -0.25) is 19.6 Å². The van der Waals surface area contributed by atoms with Gasteiger partial charge in [-0.15, -0.1) is 0 Å². The van der Waals surface area contributed by atoms with Crippen molar-refractivity contribution in [2.75, 3.05) is 10.0 Å². The summed E-state index contributed by atoms with van der Waals surface area (Å²) in [6.45, 7) is 1.74. The van der Waals surface area contributed by atoms with E-state index in [2.05, 4.69) is 10.0 Å². The molecule has 148 valence electrons. The largest absolute Gasteiger partial charge is 0.322 e. The molecule has 2 N–H and O–H groups in total. The minimum Gasteiger partial charge on any atom is -0.322 e. The summed E-state index contributed by atoms with van der Waals surface area (Å²) in [6.07, 6.45) is 0. The summed E-state index contributed by atoms with van der Waals surface area (Å²) in [5, 5.41) is 13.5. The second-order valence-corrected chi connectivity index (χ2v) is 7.89. The summed E-state index contributed by atoms with van der Waals surface area (Å²) in [7, 11) is -3.91. The third-order valence-electron chi connectivity index (χ3n) is 4.12. The Morgan fingerprint density at radius 3 is 2.21 bits per heavy atom. The van der Waals surface area contributed by atoms with Gasteiger partial charge in [0, 0.05) is 29.1 Å². The second-order valence-electron chi connectivity index (χ2n) is 6.21. The van der Waals surface area contributed by atoms with Crippen molar-refractivity contribution in [3.63, 3.8) is 0 Å². The van der Waals surface area contributed by atoms with Gasteiger partial charge in [-0.05, 0) is 55.0 Å². The van der Waals surface area contributed by atoms with Crippen molar-refractivity contribution in [2.24, 2.45) is 0 Å². The van der Waals surface area contributed by atoms with Crippen molar-refractivity contribution >= 4 is 33.0 Å². The van der Waals surface area contributed by atoms with Gasteiger partial charge < -0.3 is 5.32 Å². The molecule has 1 amide bonds. The molecule has 0 aliphatic rings. The molecule has 0 bridgehead atoms. The third-order valence-corrected chi connectivity index (χ3v) is 5.52. The van der Waals surface area contributed by atoms with Gasteiger partial charge in [0.1, 0.15) is 0 Å². The average Bonchev–Trinajstić information content (AvgIpc) is 2.70. The molecule has 0 aromatic heterocycles. The van der Waals surface area contributed by atoms with Crippen molar-refractivity contribution in [1.29, 1.82) is 0 Å². The highest BCUT2D eigenvalue weighted by atomic mass is 32.2. The van der Waals surface area contributed by atoms with Gasteiger partial charge >= 0.3 is 0 Å². The average molecular weight is 411 g/mol. The Labute approximate surface area is 167 Å². The molecule has 29 heavy (non-hydrogen) atoms. The first-order valence-electron chi connectivity index (χ1n) is 8.50. The lowest BCUT2D eigenvalue weighted by atomic mass is 10.1. The molecular weight excluding hydrogens is 394 g/mol. The van der Waals surface area contributed by atoms with Crippen LogP contribution in [0.4, 0.5) is 17.1 Å². The molecule has 0 spiro atoms. The van der Waals surface area contributed by atoms with Gasteiger partial charge in [-0.25, -0.2) is 8.42 Å². The van der Waals surface area contributed by atoms with E-state index in [1.807, 2.05) is 6.07 Å². The van der Waals surface area contributed by atoms with E-state index in [4.69, 9.17) is 0 Å². The smallest absolute Gasteiger partial charge is 0.269 e. The van der Waals surface area contributed by atoms with Crippen molar-refractivity contribution in [3.8, 4) is 0 Å². The van der Waals surface area contributed by atoms with Crippen LogP contribution in [-0.4, -0.2) is 19.2 Å². The molecule has 3 aromatic rings. The topological polar surface area (TPSA) is 118 Å². The fraction of sp³-hybridized carbons (Fsp3) is 0.0500. The molecule has 0 heterocycles. The summed E-state index contributed by atoms with van der Waals surface area (Å²) in [5.74, 6) is -0.270. The van der Waals surface area contributed by atoms with Gasteiger partial charge in [-0.1, -0.05) is 18.2 Å². The van der Waals surface area contributed by atoms with E-state index in [-0.39, 0.29) is 16.5 Å². The number of carbonyl (C=O) groups is 1. The van der Waals surface area contributed by atoms with E-state index in [1.54, 1.807) is 43.3 Å². The number of amides is 1. The monoisotopic (exact) mass is 411 g/mol. The van der Waals surface area contributed by atoms with Crippen molar-refractivity contribution in [2.45, 2.75) is 11.8 Å². The number of nitro benzene ring substituents is 1. The minimum absolute atomic E-state index is 0.0952. The van der Waals surface area contributed by atoms with Gasteiger partial charge in [0.25, 0.3) is 21.6 Å². The van der Waals surface area contributed by atoms with Crippen LogP contribution in [0.1, 0.15) is 15.9 Å². The number of aryl methyl sites for hydroxylation is 1. The van der Waals surface area contributed by atoms with Crippen LogP contribution in [0.3, 0.4) is 0 Å². The van der Waals surface area contributed by atoms with Gasteiger partial charge in [0.2, 0.25) is 0 Å². The molecule has 8 nitrogen and oxygen atoms in total. The summed E-state index contributed by atoms with van der Waals surface area (Å²) in [5.41, 5.74) is 1.84. The number of nitrogens with zero attached hydrogens (tertiary/aromatic N) is 1. The van der Waals surface area contributed by atoms with Crippen molar-refractivity contribution < 1.29 is 18.1 Å². The van der Waals surface area contributed by atoms with Crippen molar-refractivity contribution in [1.82, 2.24) is 0 Å². The van der Waals surface area contributed by atoms with Gasteiger partial charge in [-0.2, -0.15) is 0 Å². The number of nitrogens with one attached hydrogen (secondary N) is 2. The maximum absolute atomic E-state index is 12.5. The first kappa shape index (κ1) is 20.0. The molecule has 0 atom stereocenters. The van der Waals surface area contributed by atoms with Gasteiger partial charge in [0.15, 0.2) is 0 Å². The number of nitro groups is 1. The Bertz CT molecular complexity index is 1160. The molecule has 3 aromatic carbocycles. The zero-order valence-electron chi connectivity index (χ0n) is 15.3. The van der Waals surface area contributed by atoms with Crippen LogP contribution in [0.25, 0.3) is 0 Å². The van der Waals surface area contributed by atoms with E-state index < -0.39 is 14.9 Å². The SMILES string of the molecule is Cc1cc(NS(=O)(=O)c2ccc([N+](=O)[O-])cc2)ccc1NC(=O)c1ccccc1. The quantitative estimate of drug-likeness (QED) is 0.470. The van der Waals surface area contributed by atoms with Gasteiger partial charge in [0.05, 0.1) is 9.82 Å². The molecule has 0 unspecified atom stereocenters. The molecule has 0 aliphatic carbocycles. The first-order chi connectivity index (χ1) is 13.8. The number of carbonyl (C=O) groups excluding carboxylic acids is 1.